The number of carbonyl (C=O) groups excluding carboxylic acids is 1. The highest BCUT2D eigenvalue weighted by Crippen LogP contribution is 2.28. The third-order valence-corrected chi connectivity index (χ3v) is 5.77. The standard InChI is InChI=1S/C16H17ClN2O3S2/c1-11(20)19-15-9-13(7-8-16(15)23-2)24(21,22)18-10-12-5-3-4-6-14(12)17/h3-9,18H,10H2,1-2H3,(H,19,20). The number of rotatable bonds is 6. The van der Waals surface area contributed by atoms with Gasteiger partial charge in [-0.1, -0.05) is 29.8 Å². The second kappa shape index (κ2) is 8.02. The fourth-order valence-corrected chi connectivity index (χ4v) is 3.81. The van der Waals surface area contributed by atoms with Gasteiger partial charge in [0, 0.05) is 23.4 Å². The van der Waals surface area contributed by atoms with E-state index in [0.29, 0.717) is 16.3 Å². The molecule has 2 rings (SSSR count). The SMILES string of the molecule is CSc1ccc(S(=O)(=O)NCc2ccccc2Cl)cc1NC(C)=O. The smallest absolute Gasteiger partial charge is 0.240 e. The molecule has 0 saturated carbocycles. The molecule has 0 aliphatic rings. The van der Waals surface area contributed by atoms with Crippen molar-refractivity contribution < 1.29 is 13.2 Å². The molecule has 24 heavy (non-hydrogen) atoms. The molecule has 0 radical (unpaired) electrons. The monoisotopic (exact) mass is 384 g/mol. The summed E-state index contributed by atoms with van der Waals surface area (Å²) in [5, 5.41) is 3.14. The molecule has 2 aromatic carbocycles. The number of sulfonamides is 1. The van der Waals surface area contributed by atoms with Gasteiger partial charge in [0.25, 0.3) is 0 Å². The van der Waals surface area contributed by atoms with Gasteiger partial charge < -0.3 is 5.32 Å². The summed E-state index contributed by atoms with van der Waals surface area (Å²) in [6.45, 7) is 1.46. The Hall–Kier alpha value is -1.54. The number of anilines is 1. The lowest BCUT2D eigenvalue weighted by Gasteiger charge is -2.12. The molecule has 8 heteroatoms. The van der Waals surface area contributed by atoms with Crippen molar-refractivity contribution in [2.45, 2.75) is 23.3 Å². The molecule has 1 amide bonds. The maximum Gasteiger partial charge on any atom is 0.240 e. The highest BCUT2D eigenvalue weighted by molar-refractivity contribution is 7.98. The topological polar surface area (TPSA) is 75.3 Å². The number of amides is 1. The van der Waals surface area contributed by atoms with Crippen LogP contribution in [0.4, 0.5) is 5.69 Å². The first kappa shape index (κ1) is 18.8. The van der Waals surface area contributed by atoms with Crippen LogP contribution < -0.4 is 10.0 Å². The summed E-state index contributed by atoms with van der Waals surface area (Å²) in [7, 11) is -3.73. The quantitative estimate of drug-likeness (QED) is 0.747. The van der Waals surface area contributed by atoms with Gasteiger partial charge in [0.05, 0.1) is 10.6 Å². The van der Waals surface area contributed by atoms with Crippen LogP contribution in [-0.2, 0) is 21.4 Å². The number of nitrogens with one attached hydrogen (secondary N) is 2. The molecule has 5 nitrogen and oxygen atoms in total. The lowest BCUT2D eigenvalue weighted by molar-refractivity contribution is -0.114. The molecular weight excluding hydrogens is 368 g/mol. The molecular formula is C16H17ClN2O3S2. The maximum atomic E-state index is 12.5. The summed E-state index contributed by atoms with van der Waals surface area (Å²) < 4.78 is 27.5. The van der Waals surface area contributed by atoms with Gasteiger partial charge in [-0.3, -0.25) is 4.79 Å². The molecule has 0 spiro atoms. The number of benzene rings is 2. The third kappa shape index (κ3) is 4.73. The zero-order valence-corrected chi connectivity index (χ0v) is 15.6. The largest absolute Gasteiger partial charge is 0.325 e. The lowest BCUT2D eigenvalue weighted by Crippen LogP contribution is -2.23. The Kier molecular flexibility index (Phi) is 6.28. The molecule has 0 saturated heterocycles. The van der Waals surface area contributed by atoms with E-state index in [9.17, 15) is 13.2 Å². The zero-order chi connectivity index (χ0) is 17.7. The molecule has 0 unspecified atom stereocenters. The van der Waals surface area contributed by atoms with E-state index in [4.69, 9.17) is 11.6 Å². The molecule has 0 fully saturated rings. The molecule has 0 aliphatic heterocycles. The number of hydrogen-bond acceptors (Lipinski definition) is 4. The van der Waals surface area contributed by atoms with Gasteiger partial charge in [-0.2, -0.15) is 0 Å². The Morgan fingerprint density at radius 3 is 2.54 bits per heavy atom. The van der Waals surface area contributed by atoms with E-state index < -0.39 is 10.0 Å². The number of carbonyl (C=O) groups is 1. The molecule has 0 aliphatic carbocycles. The Balaban J connectivity index is 2.25. The number of halogens is 1. The predicted molar refractivity (Wildman–Crippen MR) is 98.0 cm³/mol. The van der Waals surface area contributed by atoms with Crippen LogP contribution in [0.1, 0.15) is 12.5 Å². The highest BCUT2D eigenvalue weighted by Gasteiger charge is 2.17. The Bertz CT molecular complexity index is 854. The highest BCUT2D eigenvalue weighted by atomic mass is 35.5. The van der Waals surface area contributed by atoms with Crippen LogP contribution >= 0.6 is 23.4 Å². The normalized spacial score (nSPS) is 11.3. The van der Waals surface area contributed by atoms with Crippen LogP contribution in [-0.4, -0.2) is 20.6 Å². The van der Waals surface area contributed by atoms with E-state index >= 15 is 0 Å². The minimum Gasteiger partial charge on any atom is -0.325 e. The summed E-state index contributed by atoms with van der Waals surface area (Å²) in [6, 6.07) is 11.6. The maximum absolute atomic E-state index is 12.5. The van der Waals surface area contributed by atoms with Gasteiger partial charge >= 0.3 is 0 Å². The van der Waals surface area contributed by atoms with Crippen LogP contribution in [0.3, 0.4) is 0 Å². The average molecular weight is 385 g/mol. The first-order valence-corrected chi connectivity index (χ1v) is 10.1. The van der Waals surface area contributed by atoms with Gasteiger partial charge in [0.2, 0.25) is 15.9 Å². The van der Waals surface area contributed by atoms with Crippen LogP contribution in [0, 0.1) is 0 Å². The van der Waals surface area contributed by atoms with Gasteiger partial charge in [-0.05, 0) is 36.1 Å². The van der Waals surface area contributed by atoms with E-state index in [0.717, 1.165) is 4.90 Å². The van der Waals surface area contributed by atoms with Gasteiger partial charge in [-0.15, -0.1) is 11.8 Å². The molecule has 2 N–H and O–H groups in total. The van der Waals surface area contributed by atoms with Crippen molar-refractivity contribution in [3.8, 4) is 0 Å². The molecule has 2 aromatic rings. The Morgan fingerprint density at radius 1 is 1.21 bits per heavy atom. The Morgan fingerprint density at radius 2 is 1.92 bits per heavy atom. The summed E-state index contributed by atoms with van der Waals surface area (Å²) >= 11 is 7.46. The second-order valence-corrected chi connectivity index (χ2v) is 7.98. The predicted octanol–water partition coefficient (Wildman–Crippen LogP) is 3.50. The first-order chi connectivity index (χ1) is 11.3. The van der Waals surface area contributed by atoms with Crippen molar-refractivity contribution in [3.63, 3.8) is 0 Å². The first-order valence-electron chi connectivity index (χ1n) is 7.02. The van der Waals surface area contributed by atoms with Gasteiger partial charge in [-0.25, -0.2) is 13.1 Å². The summed E-state index contributed by atoms with van der Waals surface area (Å²) in [6.07, 6.45) is 1.85. The molecule has 0 aromatic heterocycles. The lowest BCUT2D eigenvalue weighted by atomic mass is 10.2. The zero-order valence-electron chi connectivity index (χ0n) is 13.2. The van der Waals surface area contributed by atoms with Gasteiger partial charge in [0.1, 0.15) is 0 Å². The van der Waals surface area contributed by atoms with Crippen molar-refractivity contribution in [3.05, 3.63) is 53.1 Å². The molecule has 0 bridgehead atoms. The van der Waals surface area contributed by atoms with Gasteiger partial charge in [0.15, 0.2) is 0 Å². The van der Waals surface area contributed by atoms with E-state index in [1.807, 2.05) is 6.26 Å². The minimum atomic E-state index is -3.73. The summed E-state index contributed by atoms with van der Waals surface area (Å²) in [4.78, 5) is 12.2. The van der Waals surface area contributed by atoms with Crippen LogP contribution in [0.5, 0.6) is 0 Å². The second-order valence-electron chi connectivity index (χ2n) is 4.96. The summed E-state index contributed by atoms with van der Waals surface area (Å²) in [5.74, 6) is -0.260. The molecule has 0 atom stereocenters. The van der Waals surface area contributed by atoms with Crippen molar-refractivity contribution in [1.82, 2.24) is 4.72 Å². The molecule has 128 valence electrons. The van der Waals surface area contributed by atoms with Crippen molar-refractivity contribution in [1.29, 1.82) is 0 Å². The van der Waals surface area contributed by atoms with Crippen molar-refractivity contribution >= 4 is 45.0 Å². The van der Waals surface area contributed by atoms with E-state index in [1.54, 1.807) is 30.3 Å². The van der Waals surface area contributed by atoms with Crippen LogP contribution in [0.15, 0.2) is 52.3 Å². The average Bonchev–Trinajstić information content (AvgIpc) is 2.53. The van der Waals surface area contributed by atoms with E-state index in [-0.39, 0.29) is 17.3 Å². The van der Waals surface area contributed by atoms with Crippen LogP contribution in [0.2, 0.25) is 5.02 Å². The third-order valence-electron chi connectivity index (χ3n) is 3.20. The Labute approximate surface area is 150 Å². The van der Waals surface area contributed by atoms with Crippen molar-refractivity contribution in [2.24, 2.45) is 0 Å². The van der Waals surface area contributed by atoms with Crippen molar-refractivity contribution in [2.75, 3.05) is 11.6 Å². The minimum absolute atomic E-state index is 0.0797. The van der Waals surface area contributed by atoms with E-state index in [1.165, 1.54) is 30.8 Å². The number of thioether (sulfide) groups is 1. The fourth-order valence-electron chi connectivity index (χ4n) is 2.04. The van der Waals surface area contributed by atoms with E-state index in [2.05, 4.69) is 10.0 Å². The number of hydrogen-bond donors (Lipinski definition) is 2. The molecule has 0 heterocycles. The fraction of sp³-hybridized carbons (Fsp3) is 0.188. The summed E-state index contributed by atoms with van der Waals surface area (Å²) in [5.41, 5.74) is 1.15. The van der Waals surface area contributed by atoms with Crippen LogP contribution in [0.25, 0.3) is 0 Å².